The molecule has 5 nitrogen and oxygen atoms in total. The van der Waals surface area contributed by atoms with Gasteiger partial charge >= 0.3 is 6.18 Å². The normalized spacial score (nSPS) is 14.7. The Bertz CT molecular complexity index is 812. The molecular weight excluding hydrogens is 371 g/mol. The Hall–Kier alpha value is -3.03. The number of nitrogens with zero attached hydrogens (tertiary/aromatic N) is 3. The molecule has 1 aromatic carbocycles. The van der Waals surface area contributed by atoms with Crippen molar-refractivity contribution in [2.45, 2.75) is 6.18 Å². The van der Waals surface area contributed by atoms with E-state index in [1.165, 1.54) is 6.07 Å². The first-order valence-corrected chi connectivity index (χ1v) is 8.80. The van der Waals surface area contributed by atoms with Crippen LogP contribution in [0.15, 0.2) is 55.3 Å². The quantitative estimate of drug-likeness (QED) is 0.731. The van der Waals surface area contributed by atoms with Gasteiger partial charge < -0.3 is 14.5 Å². The minimum Gasteiger partial charge on any atom is -0.490 e. The Kier molecular flexibility index (Phi) is 5.87. The smallest absolute Gasteiger partial charge is 0.417 e. The van der Waals surface area contributed by atoms with Crippen molar-refractivity contribution in [1.29, 1.82) is 0 Å². The molecule has 2 heterocycles. The maximum Gasteiger partial charge on any atom is 0.417 e. The van der Waals surface area contributed by atoms with E-state index in [1.807, 2.05) is 4.90 Å². The van der Waals surface area contributed by atoms with Gasteiger partial charge in [-0.25, -0.2) is 4.98 Å². The second-order valence-electron chi connectivity index (χ2n) is 6.31. The van der Waals surface area contributed by atoms with Crippen LogP contribution in [0.5, 0.6) is 5.75 Å². The molecule has 0 bridgehead atoms. The van der Waals surface area contributed by atoms with E-state index in [2.05, 4.69) is 11.6 Å². The van der Waals surface area contributed by atoms with Gasteiger partial charge in [0, 0.05) is 37.9 Å². The van der Waals surface area contributed by atoms with Crippen LogP contribution < -0.4 is 9.64 Å². The molecule has 28 heavy (non-hydrogen) atoms. The van der Waals surface area contributed by atoms with E-state index in [1.54, 1.807) is 35.2 Å². The summed E-state index contributed by atoms with van der Waals surface area (Å²) in [6, 6.07) is 9.28. The Morgan fingerprint density at radius 3 is 2.32 bits per heavy atom. The third-order valence-electron chi connectivity index (χ3n) is 4.44. The first kappa shape index (κ1) is 19.7. The van der Waals surface area contributed by atoms with E-state index in [-0.39, 0.29) is 5.91 Å². The Balaban J connectivity index is 1.57. The zero-order valence-corrected chi connectivity index (χ0v) is 15.2. The maximum absolute atomic E-state index is 12.6. The number of amides is 1. The highest BCUT2D eigenvalue weighted by Crippen LogP contribution is 2.29. The number of rotatable bonds is 5. The van der Waals surface area contributed by atoms with Crippen LogP contribution >= 0.6 is 0 Å². The fourth-order valence-electron chi connectivity index (χ4n) is 2.91. The predicted octanol–water partition coefficient (Wildman–Crippen LogP) is 3.63. The van der Waals surface area contributed by atoms with Gasteiger partial charge in [-0.2, -0.15) is 13.2 Å². The summed E-state index contributed by atoms with van der Waals surface area (Å²) in [4.78, 5) is 20.1. The number of pyridine rings is 1. The average molecular weight is 391 g/mol. The summed E-state index contributed by atoms with van der Waals surface area (Å²) in [5.41, 5.74) is -0.211. The van der Waals surface area contributed by atoms with Crippen LogP contribution in [-0.4, -0.2) is 48.6 Å². The van der Waals surface area contributed by atoms with Gasteiger partial charge in [0.25, 0.3) is 5.91 Å². The maximum atomic E-state index is 12.6. The largest absolute Gasteiger partial charge is 0.490 e. The van der Waals surface area contributed by atoms with E-state index < -0.39 is 11.7 Å². The number of alkyl halides is 3. The molecule has 0 saturated carbocycles. The monoisotopic (exact) mass is 391 g/mol. The topological polar surface area (TPSA) is 45.7 Å². The van der Waals surface area contributed by atoms with Crippen molar-refractivity contribution in [1.82, 2.24) is 9.88 Å². The molecule has 0 radical (unpaired) electrons. The molecule has 1 aliphatic heterocycles. The average Bonchev–Trinajstić information content (AvgIpc) is 2.72. The molecule has 0 aliphatic carbocycles. The van der Waals surface area contributed by atoms with E-state index in [0.29, 0.717) is 49.9 Å². The number of carbonyl (C=O) groups excluding carboxylic acids is 1. The Labute approximate surface area is 161 Å². The molecule has 1 aromatic heterocycles. The molecule has 3 rings (SSSR count). The number of hydrogen-bond acceptors (Lipinski definition) is 4. The highest BCUT2D eigenvalue weighted by molar-refractivity contribution is 5.94. The van der Waals surface area contributed by atoms with Crippen molar-refractivity contribution < 1.29 is 22.7 Å². The zero-order chi connectivity index (χ0) is 20.1. The van der Waals surface area contributed by atoms with E-state index in [9.17, 15) is 18.0 Å². The minimum atomic E-state index is -4.40. The van der Waals surface area contributed by atoms with Gasteiger partial charge in [0.1, 0.15) is 18.2 Å². The van der Waals surface area contributed by atoms with Crippen LogP contribution in [-0.2, 0) is 6.18 Å². The molecule has 148 valence electrons. The Morgan fingerprint density at radius 1 is 1.11 bits per heavy atom. The van der Waals surface area contributed by atoms with Crippen molar-refractivity contribution in [2.24, 2.45) is 0 Å². The molecule has 1 amide bonds. The lowest BCUT2D eigenvalue weighted by molar-refractivity contribution is -0.137. The zero-order valence-electron chi connectivity index (χ0n) is 15.2. The lowest BCUT2D eigenvalue weighted by atomic mass is 10.1. The van der Waals surface area contributed by atoms with Crippen LogP contribution in [0, 0.1) is 0 Å². The van der Waals surface area contributed by atoms with Crippen LogP contribution in [0.1, 0.15) is 15.9 Å². The summed E-state index contributed by atoms with van der Waals surface area (Å²) >= 11 is 0. The highest BCUT2D eigenvalue weighted by atomic mass is 19.4. The number of anilines is 1. The van der Waals surface area contributed by atoms with Crippen LogP contribution in [0.4, 0.5) is 19.0 Å². The summed E-state index contributed by atoms with van der Waals surface area (Å²) < 4.78 is 43.3. The predicted molar refractivity (Wildman–Crippen MR) is 99.5 cm³/mol. The SMILES string of the molecule is C=CCOc1ccc(C(=O)N2CCN(c3ccc(C(F)(F)F)cn3)CC2)cc1. The Morgan fingerprint density at radius 2 is 1.79 bits per heavy atom. The second-order valence-corrected chi connectivity index (χ2v) is 6.31. The van der Waals surface area contributed by atoms with Gasteiger partial charge in [-0.3, -0.25) is 4.79 Å². The number of piperazine rings is 1. The lowest BCUT2D eigenvalue weighted by Gasteiger charge is -2.35. The van der Waals surface area contributed by atoms with E-state index >= 15 is 0 Å². The third-order valence-corrected chi connectivity index (χ3v) is 4.44. The van der Waals surface area contributed by atoms with E-state index in [0.717, 1.165) is 12.3 Å². The van der Waals surface area contributed by atoms with Gasteiger partial charge in [0.2, 0.25) is 0 Å². The number of aromatic nitrogens is 1. The van der Waals surface area contributed by atoms with Crippen LogP contribution in [0.25, 0.3) is 0 Å². The van der Waals surface area contributed by atoms with Gasteiger partial charge in [0.05, 0.1) is 5.56 Å². The first-order chi connectivity index (χ1) is 13.4. The second kappa shape index (κ2) is 8.33. The van der Waals surface area contributed by atoms with Crippen molar-refractivity contribution in [3.8, 4) is 5.75 Å². The van der Waals surface area contributed by atoms with Crippen molar-refractivity contribution >= 4 is 11.7 Å². The fraction of sp³-hybridized carbons (Fsp3) is 0.300. The number of carbonyl (C=O) groups is 1. The highest BCUT2D eigenvalue weighted by Gasteiger charge is 2.31. The summed E-state index contributed by atoms with van der Waals surface area (Å²) in [5.74, 6) is 1.05. The van der Waals surface area contributed by atoms with Gasteiger partial charge in [-0.05, 0) is 36.4 Å². The standard InChI is InChI=1S/C20H20F3N3O2/c1-2-13-28-17-6-3-15(4-7-17)19(27)26-11-9-25(10-12-26)18-8-5-16(14-24-18)20(21,22)23/h2-8,14H,1,9-13H2. The number of benzene rings is 1. The first-order valence-electron chi connectivity index (χ1n) is 8.80. The fourth-order valence-corrected chi connectivity index (χ4v) is 2.91. The molecule has 2 aromatic rings. The number of hydrogen-bond donors (Lipinski definition) is 0. The van der Waals surface area contributed by atoms with Gasteiger partial charge in [0.15, 0.2) is 0 Å². The van der Waals surface area contributed by atoms with Crippen LogP contribution in [0.2, 0.25) is 0 Å². The molecule has 8 heteroatoms. The summed E-state index contributed by atoms with van der Waals surface area (Å²) in [6.07, 6.45) is -1.92. The van der Waals surface area contributed by atoms with Crippen molar-refractivity contribution in [3.63, 3.8) is 0 Å². The molecule has 0 spiro atoms. The molecule has 1 saturated heterocycles. The van der Waals surface area contributed by atoms with E-state index in [4.69, 9.17) is 4.74 Å². The molecule has 1 aliphatic rings. The number of halogens is 3. The van der Waals surface area contributed by atoms with Crippen molar-refractivity contribution in [2.75, 3.05) is 37.7 Å². The molecular formula is C20H20F3N3O2. The molecule has 0 atom stereocenters. The summed E-state index contributed by atoms with van der Waals surface area (Å²) in [6.45, 7) is 5.92. The van der Waals surface area contributed by atoms with Crippen LogP contribution in [0.3, 0.4) is 0 Å². The van der Waals surface area contributed by atoms with Gasteiger partial charge in [-0.15, -0.1) is 0 Å². The molecule has 0 N–H and O–H groups in total. The summed E-state index contributed by atoms with van der Waals surface area (Å²) in [5, 5.41) is 0. The lowest BCUT2D eigenvalue weighted by Crippen LogP contribution is -2.49. The summed E-state index contributed by atoms with van der Waals surface area (Å²) in [7, 11) is 0. The molecule has 0 unspecified atom stereocenters. The van der Waals surface area contributed by atoms with Gasteiger partial charge in [-0.1, -0.05) is 12.7 Å². The van der Waals surface area contributed by atoms with Crippen molar-refractivity contribution in [3.05, 3.63) is 66.4 Å². The number of ether oxygens (including phenoxy) is 1. The minimum absolute atomic E-state index is 0.0877. The third kappa shape index (κ3) is 4.62. The molecule has 1 fully saturated rings.